The molecule has 1 aromatic rings. The summed E-state index contributed by atoms with van der Waals surface area (Å²) < 4.78 is 4.38. The van der Waals surface area contributed by atoms with Crippen molar-refractivity contribution in [2.75, 3.05) is 7.11 Å². The molecule has 4 nitrogen and oxygen atoms in total. The van der Waals surface area contributed by atoms with E-state index in [9.17, 15) is 4.79 Å². The van der Waals surface area contributed by atoms with Crippen molar-refractivity contribution in [3.63, 3.8) is 0 Å². The van der Waals surface area contributed by atoms with Gasteiger partial charge in [0.05, 0.1) is 18.3 Å². The van der Waals surface area contributed by atoms with Gasteiger partial charge in [0, 0.05) is 0 Å². The number of rotatable bonds is 1. The summed E-state index contributed by atoms with van der Waals surface area (Å²) >= 11 is 5.52. The SMILES string of the molecule is COC(=O)c1[nH]ncc1Cl. The predicted octanol–water partition coefficient (Wildman–Crippen LogP) is 0.850. The van der Waals surface area contributed by atoms with Gasteiger partial charge in [-0.3, -0.25) is 5.10 Å². The maximum atomic E-state index is 10.7. The van der Waals surface area contributed by atoms with Gasteiger partial charge < -0.3 is 4.74 Å². The number of methoxy groups -OCH3 is 1. The van der Waals surface area contributed by atoms with Crippen LogP contribution in [-0.4, -0.2) is 23.3 Å². The number of esters is 1. The molecule has 0 saturated carbocycles. The number of ether oxygens (including phenoxy) is 1. The van der Waals surface area contributed by atoms with Crippen molar-refractivity contribution in [2.45, 2.75) is 0 Å². The molecule has 0 fully saturated rings. The second-order valence-corrected chi connectivity index (χ2v) is 1.99. The van der Waals surface area contributed by atoms with Gasteiger partial charge in [0.1, 0.15) is 0 Å². The molecule has 0 aliphatic rings. The third-order valence-corrected chi connectivity index (χ3v) is 1.27. The van der Waals surface area contributed by atoms with E-state index in [1.54, 1.807) is 0 Å². The summed E-state index contributed by atoms with van der Waals surface area (Å²) in [5.41, 5.74) is 0.184. The van der Waals surface area contributed by atoms with Crippen LogP contribution >= 0.6 is 11.6 Å². The Morgan fingerprint density at radius 3 is 3.00 bits per heavy atom. The Morgan fingerprint density at radius 2 is 2.60 bits per heavy atom. The smallest absolute Gasteiger partial charge is 0.357 e. The summed E-state index contributed by atoms with van der Waals surface area (Å²) in [6, 6.07) is 0. The van der Waals surface area contributed by atoms with Gasteiger partial charge in [-0.25, -0.2) is 4.79 Å². The van der Waals surface area contributed by atoms with Crippen molar-refractivity contribution < 1.29 is 9.53 Å². The first-order valence-corrected chi connectivity index (χ1v) is 2.90. The molecule has 1 N–H and O–H groups in total. The average Bonchev–Trinajstić information content (AvgIpc) is 2.34. The van der Waals surface area contributed by atoms with Crippen LogP contribution in [-0.2, 0) is 4.74 Å². The van der Waals surface area contributed by atoms with Crippen molar-refractivity contribution in [1.29, 1.82) is 0 Å². The van der Waals surface area contributed by atoms with Crippen LogP contribution in [0.25, 0.3) is 0 Å². The molecule has 10 heavy (non-hydrogen) atoms. The summed E-state index contributed by atoms with van der Waals surface area (Å²) in [5, 5.41) is 6.20. The number of nitrogens with zero attached hydrogens (tertiary/aromatic N) is 1. The van der Waals surface area contributed by atoms with E-state index < -0.39 is 5.97 Å². The maximum absolute atomic E-state index is 10.7. The number of H-pyrrole nitrogens is 1. The number of aromatic amines is 1. The summed E-state index contributed by atoms with van der Waals surface area (Å²) in [6.45, 7) is 0. The lowest BCUT2D eigenvalue weighted by molar-refractivity contribution is 0.0594. The fraction of sp³-hybridized carbons (Fsp3) is 0.200. The van der Waals surface area contributed by atoms with Crippen LogP contribution in [0.2, 0.25) is 5.02 Å². The van der Waals surface area contributed by atoms with E-state index in [-0.39, 0.29) is 10.7 Å². The minimum atomic E-state index is -0.512. The van der Waals surface area contributed by atoms with Crippen LogP contribution in [0, 0.1) is 0 Å². The van der Waals surface area contributed by atoms with E-state index in [0.29, 0.717) is 0 Å². The molecule has 0 bridgehead atoms. The number of halogens is 1. The van der Waals surface area contributed by atoms with Gasteiger partial charge in [-0.15, -0.1) is 0 Å². The molecular weight excluding hydrogens is 156 g/mol. The number of carbonyl (C=O) groups excluding carboxylic acids is 1. The van der Waals surface area contributed by atoms with Gasteiger partial charge in [-0.2, -0.15) is 5.10 Å². The lowest BCUT2D eigenvalue weighted by Gasteiger charge is -1.92. The standard InChI is InChI=1S/C5H5ClN2O2/c1-10-5(9)4-3(6)2-7-8-4/h2H,1H3,(H,7,8). The molecule has 5 heteroatoms. The topological polar surface area (TPSA) is 55.0 Å². The van der Waals surface area contributed by atoms with E-state index in [4.69, 9.17) is 11.6 Å². The van der Waals surface area contributed by atoms with Crippen LogP contribution < -0.4 is 0 Å². The Labute approximate surface area is 62.1 Å². The van der Waals surface area contributed by atoms with Gasteiger partial charge in [-0.05, 0) is 0 Å². The zero-order chi connectivity index (χ0) is 7.56. The summed E-state index contributed by atoms with van der Waals surface area (Å²) in [4.78, 5) is 10.7. The third-order valence-electron chi connectivity index (χ3n) is 0.983. The van der Waals surface area contributed by atoms with E-state index in [1.165, 1.54) is 13.3 Å². The van der Waals surface area contributed by atoms with Crippen LogP contribution in [0.5, 0.6) is 0 Å². The number of carbonyl (C=O) groups is 1. The third kappa shape index (κ3) is 1.11. The molecule has 0 aromatic carbocycles. The van der Waals surface area contributed by atoms with Crippen LogP contribution in [0.15, 0.2) is 6.20 Å². The second kappa shape index (κ2) is 2.70. The zero-order valence-corrected chi connectivity index (χ0v) is 5.97. The molecule has 0 spiro atoms. The van der Waals surface area contributed by atoms with Gasteiger partial charge >= 0.3 is 5.97 Å². The Kier molecular flexibility index (Phi) is 1.91. The molecule has 1 rings (SSSR count). The van der Waals surface area contributed by atoms with Crippen LogP contribution in [0.3, 0.4) is 0 Å². The Morgan fingerprint density at radius 1 is 1.90 bits per heavy atom. The van der Waals surface area contributed by atoms with E-state index >= 15 is 0 Å². The summed E-state index contributed by atoms with van der Waals surface area (Å²) in [7, 11) is 1.28. The van der Waals surface area contributed by atoms with Crippen LogP contribution in [0.1, 0.15) is 10.5 Å². The highest BCUT2D eigenvalue weighted by atomic mass is 35.5. The van der Waals surface area contributed by atoms with Gasteiger partial charge in [0.25, 0.3) is 0 Å². The molecule has 1 aromatic heterocycles. The highest BCUT2D eigenvalue weighted by Crippen LogP contribution is 2.11. The van der Waals surface area contributed by atoms with E-state index in [2.05, 4.69) is 14.9 Å². The molecule has 0 aliphatic heterocycles. The fourth-order valence-electron chi connectivity index (χ4n) is 0.517. The molecule has 1 heterocycles. The molecule has 0 saturated heterocycles. The van der Waals surface area contributed by atoms with Crippen molar-refractivity contribution in [2.24, 2.45) is 0 Å². The summed E-state index contributed by atoms with van der Waals surface area (Å²) in [5.74, 6) is -0.512. The first-order valence-electron chi connectivity index (χ1n) is 2.53. The van der Waals surface area contributed by atoms with Crippen molar-refractivity contribution in [1.82, 2.24) is 10.2 Å². The normalized spacial score (nSPS) is 9.40. The minimum Gasteiger partial charge on any atom is -0.464 e. The number of hydrogen-bond acceptors (Lipinski definition) is 3. The Bertz CT molecular complexity index is 246. The molecule has 0 radical (unpaired) electrons. The number of nitrogens with one attached hydrogen (secondary N) is 1. The molecule has 0 atom stereocenters. The molecular formula is C5H5ClN2O2. The largest absolute Gasteiger partial charge is 0.464 e. The lowest BCUT2D eigenvalue weighted by Crippen LogP contribution is -2.01. The van der Waals surface area contributed by atoms with E-state index in [1.807, 2.05) is 0 Å². The van der Waals surface area contributed by atoms with Gasteiger partial charge in [0.15, 0.2) is 5.69 Å². The lowest BCUT2D eigenvalue weighted by atomic mass is 10.4. The summed E-state index contributed by atoms with van der Waals surface area (Å²) in [6.07, 6.45) is 1.34. The number of aromatic nitrogens is 2. The molecule has 0 amide bonds. The maximum Gasteiger partial charge on any atom is 0.357 e. The molecule has 0 aliphatic carbocycles. The first kappa shape index (κ1) is 7.08. The Balaban J connectivity index is 2.93. The van der Waals surface area contributed by atoms with Crippen molar-refractivity contribution in [3.8, 4) is 0 Å². The van der Waals surface area contributed by atoms with Gasteiger partial charge in [0.2, 0.25) is 0 Å². The second-order valence-electron chi connectivity index (χ2n) is 1.58. The van der Waals surface area contributed by atoms with Gasteiger partial charge in [-0.1, -0.05) is 11.6 Å². The van der Waals surface area contributed by atoms with Crippen molar-refractivity contribution in [3.05, 3.63) is 16.9 Å². The average molecular weight is 161 g/mol. The van der Waals surface area contributed by atoms with E-state index in [0.717, 1.165) is 0 Å². The fourth-order valence-corrected chi connectivity index (χ4v) is 0.685. The zero-order valence-electron chi connectivity index (χ0n) is 5.22. The highest BCUT2D eigenvalue weighted by Gasteiger charge is 2.11. The minimum absolute atomic E-state index is 0.184. The quantitative estimate of drug-likeness (QED) is 0.620. The molecule has 0 unspecified atom stereocenters. The van der Waals surface area contributed by atoms with Crippen LogP contribution in [0.4, 0.5) is 0 Å². The predicted molar refractivity (Wildman–Crippen MR) is 34.9 cm³/mol. The monoisotopic (exact) mass is 160 g/mol. The molecule has 54 valence electrons. The first-order chi connectivity index (χ1) is 4.75. The number of hydrogen-bond donors (Lipinski definition) is 1. The highest BCUT2D eigenvalue weighted by molar-refractivity contribution is 6.33. The Hall–Kier alpha value is -1.03. The van der Waals surface area contributed by atoms with Crippen molar-refractivity contribution >= 4 is 17.6 Å².